The first-order chi connectivity index (χ1) is 7.08. The van der Waals surface area contributed by atoms with Crippen molar-refractivity contribution < 1.29 is 9.09 Å². The van der Waals surface area contributed by atoms with Crippen LogP contribution in [0.2, 0.25) is 0 Å². The fourth-order valence-corrected chi connectivity index (χ4v) is 3.38. The van der Waals surface area contributed by atoms with E-state index in [0.717, 1.165) is 10.9 Å². The number of allylic oxidation sites excluding steroid dienone is 1. The lowest BCUT2D eigenvalue weighted by molar-refractivity contribution is 0.347. The summed E-state index contributed by atoms with van der Waals surface area (Å²) in [5, 5.41) is 0.757. The van der Waals surface area contributed by atoms with Crippen LogP contribution in [-0.2, 0) is 9.09 Å². The molecule has 2 nitrogen and oxygen atoms in total. The summed E-state index contributed by atoms with van der Waals surface area (Å²) in [4.78, 5) is 0. The van der Waals surface area contributed by atoms with E-state index >= 15 is 0 Å². The molecule has 1 aromatic rings. The van der Waals surface area contributed by atoms with Crippen LogP contribution in [0.3, 0.4) is 0 Å². The van der Waals surface area contributed by atoms with Crippen molar-refractivity contribution in [1.82, 2.24) is 0 Å². The topological polar surface area (TPSA) is 26.3 Å². The first-order valence-electron chi connectivity index (χ1n) is 5.04. The molecule has 1 aromatic carbocycles. The van der Waals surface area contributed by atoms with E-state index < -0.39 is 7.37 Å². The summed E-state index contributed by atoms with van der Waals surface area (Å²) in [5.41, 5.74) is 1.01. The second kappa shape index (κ2) is 5.29. The minimum Gasteiger partial charge on any atom is -0.323 e. The normalized spacial score (nSPS) is 14.3. The summed E-state index contributed by atoms with van der Waals surface area (Å²) < 4.78 is 17.9. The fourth-order valence-electron chi connectivity index (χ4n) is 1.35. The molecular weight excluding hydrogens is 207 g/mol. The summed E-state index contributed by atoms with van der Waals surface area (Å²) in [5.74, 6) is 1.73. The molecule has 0 fully saturated rings. The number of benzene rings is 1. The molecular formula is C12H17O2P. The Labute approximate surface area is 91.4 Å². The molecule has 1 unspecified atom stereocenters. The van der Waals surface area contributed by atoms with Gasteiger partial charge in [0.2, 0.25) is 0 Å². The predicted molar refractivity (Wildman–Crippen MR) is 64.7 cm³/mol. The summed E-state index contributed by atoms with van der Waals surface area (Å²) in [6, 6.07) is 9.34. The summed E-state index contributed by atoms with van der Waals surface area (Å²) in [7, 11) is -2.79. The maximum absolute atomic E-state index is 12.5. The maximum atomic E-state index is 12.5. The SMILES string of the molecule is CCOP(=O)(C=C(C)C)c1ccccc1. The van der Waals surface area contributed by atoms with Crippen molar-refractivity contribution in [3.63, 3.8) is 0 Å². The van der Waals surface area contributed by atoms with Gasteiger partial charge in [-0.3, -0.25) is 4.57 Å². The molecule has 0 aliphatic carbocycles. The standard InChI is InChI=1S/C12H17O2P/c1-4-14-15(13,10-11(2)3)12-8-6-5-7-9-12/h5-10H,4H2,1-3H3. The van der Waals surface area contributed by atoms with E-state index in [0.29, 0.717) is 6.61 Å². The van der Waals surface area contributed by atoms with Crippen LogP contribution in [0.1, 0.15) is 20.8 Å². The van der Waals surface area contributed by atoms with E-state index in [1.807, 2.05) is 51.1 Å². The third kappa shape index (κ3) is 3.33. The van der Waals surface area contributed by atoms with Crippen LogP contribution in [0.4, 0.5) is 0 Å². The second-order valence-corrected chi connectivity index (χ2v) is 5.78. The molecule has 0 spiro atoms. The van der Waals surface area contributed by atoms with Gasteiger partial charge in [0.25, 0.3) is 7.37 Å². The van der Waals surface area contributed by atoms with E-state index in [1.165, 1.54) is 0 Å². The van der Waals surface area contributed by atoms with Crippen LogP contribution in [-0.4, -0.2) is 6.61 Å². The average molecular weight is 224 g/mol. The van der Waals surface area contributed by atoms with Gasteiger partial charge < -0.3 is 4.52 Å². The third-order valence-electron chi connectivity index (χ3n) is 1.87. The Kier molecular flexibility index (Phi) is 4.31. The molecule has 0 N–H and O–H groups in total. The highest BCUT2D eigenvalue weighted by atomic mass is 31.2. The van der Waals surface area contributed by atoms with Crippen molar-refractivity contribution >= 4 is 12.7 Å². The predicted octanol–water partition coefficient (Wildman–Crippen LogP) is 3.55. The van der Waals surface area contributed by atoms with Crippen molar-refractivity contribution in [2.24, 2.45) is 0 Å². The van der Waals surface area contributed by atoms with Gasteiger partial charge in [-0.05, 0) is 32.9 Å². The monoisotopic (exact) mass is 224 g/mol. The Morgan fingerprint density at radius 3 is 2.40 bits per heavy atom. The smallest absolute Gasteiger partial charge is 0.254 e. The molecule has 1 rings (SSSR count). The van der Waals surface area contributed by atoms with Gasteiger partial charge in [-0.2, -0.15) is 0 Å². The number of hydrogen-bond donors (Lipinski definition) is 0. The van der Waals surface area contributed by atoms with Crippen molar-refractivity contribution in [1.29, 1.82) is 0 Å². The lowest BCUT2D eigenvalue weighted by Gasteiger charge is -2.14. The minimum absolute atomic E-state index is 0.454. The molecule has 82 valence electrons. The zero-order valence-corrected chi connectivity index (χ0v) is 10.3. The quantitative estimate of drug-likeness (QED) is 0.731. The van der Waals surface area contributed by atoms with Gasteiger partial charge in [0.05, 0.1) is 6.61 Å². The van der Waals surface area contributed by atoms with Gasteiger partial charge in [0.1, 0.15) is 0 Å². The van der Waals surface area contributed by atoms with Crippen molar-refractivity contribution in [3.8, 4) is 0 Å². The van der Waals surface area contributed by atoms with Crippen molar-refractivity contribution in [2.45, 2.75) is 20.8 Å². The number of rotatable bonds is 4. The van der Waals surface area contributed by atoms with Gasteiger partial charge in [0, 0.05) is 11.1 Å². The van der Waals surface area contributed by atoms with Crippen LogP contribution in [0, 0.1) is 0 Å². The molecule has 0 saturated carbocycles. The largest absolute Gasteiger partial charge is 0.323 e. The summed E-state index contributed by atoms with van der Waals surface area (Å²) in [6.07, 6.45) is 0. The van der Waals surface area contributed by atoms with Crippen LogP contribution < -0.4 is 5.30 Å². The second-order valence-electron chi connectivity index (χ2n) is 3.56. The first-order valence-corrected chi connectivity index (χ1v) is 6.74. The zero-order valence-electron chi connectivity index (χ0n) is 9.43. The summed E-state index contributed by atoms with van der Waals surface area (Å²) >= 11 is 0. The lowest BCUT2D eigenvalue weighted by atomic mass is 10.4. The van der Waals surface area contributed by atoms with Gasteiger partial charge in [-0.15, -0.1) is 0 Å². The molecule has 1 atom stereocenters. The highest BCUT2D eigenvalue weighted by Crippen LogP contribution is 2.48. The van der Waals surface area contributed by atoms with E-state index in [9.17, 15) is 4.57 Å². The maximum Gasteiger partial charge on any atom is 0.254 e. The number of hydrogen-bond acceptors (Lipinski definition) is 2. The minimum atomic E-state index is -2.79. The van der Waals surface area contributed by atoms with Crippen molar-refractivity contribution in [2.75, 3.05) is 6.61 Å². The Balaban J connectivity index is 3.13. The molecule has 0 saturated heterocycles. The average Bonchev–Trinajstić information content (AvgIpc) is 2.18. The molecule has 15 heavy (non-hydrogen) atoms. The van der Waals surface area contributed by atoms with E-state index in [4.69, 9.17) is 4.52 Å². The Morgan fingerprint density at radius 1 is 1.33 bits per heavy atom. The molecule has 0 radical (unpaired) electrons. The first kappa shape index (κ1) is 12.2. The Bertz CT molecular complexity index is 378. The molecule has 0 aromatic heterocycles. The van der Waals surface area contributed by atoms with Crippen LogP contribution in [0.25, 0.3) is 0 Å². The van der Waals surface area contributed by atoms with Crippen molar-refractivity contribution in [3.05, 3.63) is 41.7 Å². The van der Waals surface area contributed by atoms with Gasteiger partial charge in [0.15, 0.2) is 0 Å². The van der Waals surface area contributed by atoms with Gasteiger partial charge >= 0.3 is 0 Å². The molecule has 0 amide bonds. The summed E-state index contributed by atoms with van der Waals surface area (Å²) in [6.45, 7) is 6.16. The van der Waals surface area contributed by atoms with Gasteiger partial charge in [-0.1, -0.05) is 23.8 Å². The van der Waals surface area contributed by atoms with E-state index in [-0.39, 0.29) is 0 Å². The molecule has 0 aliphatic rings. The highest BCUT2D eigenvalue weighted by molar-refractivity contribution is 7.70. The third-order valence-corrected chi connectivity index (χ3v) is 4.38. The van der Waals surface area contributed by atoms with Crippen LogP contribution >= 0.6 is 7.37 Å². The van der Waals surface area contributed by atoms with E-state index in [2.05, 4.69) is 0 Å². The lowest BCUT2D eigenvalue weighted by Crippen LogP contribution is -2.05. The Morgan fingerprint density at radius 2 is 1.93 bits per heavy atom. The molecule has 0 heterocycles. The van der Waals surface area contributed by atoms with Gasteiger partial charge in [-0.25, -0.2) is 0 Å². The molecule has 0 aliphatic heterocycles. The fraction of sp³-hybridized carbons (Fsp3) is 0.333. The molecule has 3 heteroatoms. The Hall–Kier alpha value is -0.850. The van der Waals surface area contributed by atoms with E-state index in [1.54, 1.807) is 5.82 Å². The highest BCUT2D eigenvalue weighted by Gasteiger charge is 2.21. The molecule has 0 bridgehead atoms. The zero-order chi connectivity index (χ0) is 11.3. The van der Waals surface area contributed by atoms with Crippen LogP contribution in [0.15, 0.2) is 41.7 Å². The van der Waals surface area contributed by atoms with Crippen LogP contribution in [0.5, 0.6) is 0 Å².